The van der Waals surface area contributed by atoms with Crippen LogP contribution in [0.15, 0.2) is 27.9 Å². The average Bonchev–Trinajstić information content (AvgIpc) is 2.90. The Morgan fingerprint density at radius 2 is 1.78 bits per heavy atom. The van der Waals surface area contributed by atoms with E-state index >= 15 is 0 Å². The van der Waals surface area contributed by atoms with Gasteiger partial charge in [0.1, 0.15) is 17.2 Å². The minimum atomic E-state index is -3.96. The molecule has 1 amide bonds. The van der Waals surface area contributed by atoms with Crippen LogP contribution in [-0.2, 0) is 42.9 Å². The van der Waals surface area contributed by atoms with Gasteiger partial charge in [-0.05, 0) is 23.8 Å². The number of fused-ring (bicyclic) bond motifs is 2. The minimum Gasteiger partial charge on any atom is -0.501 e. The molecule has 2 saturated heterocycles. The van der Waals surface area contributed by atoms with E-state index in [0.29, 0.717) is 26.1 Å². The molecule has 12 nitrogen and oxygen atoms in total. The highest BCUT2D eigenvalue weighted by Gasteiger charge is 2.43. The topological polar surface area (TPSA) is 149 Å². The van der Waals surface area contributed by atoms with Crippen molar-refractivity contribution in [3.8, 4) is 5.75 Å². The number of sulfonamides is 1. The third-order valence-electron chi connectivity index (χ3n) is 6.75. The van der Waals surface area contributed by atoms with Crippen molar-refractivity contribution in [2.45, 2.75) is 36.4 Å². The summed E-state index contributed by atoms with van der Waals surface area (Å²) in [5.41, 5.74) is -1.96. The summed E-state index contributed by atoms with van der Waals surface area (Å²) in [7, 11) is -3.96. The molecule has 1 aromatic carbocycles. The van der Waals surface area contributed by atoms with Gasteiger partial charge in [-0.3, -0.25) is 14.2 Å². The zero-order chi connectivity index (χ0) is 26.2. The van der Waals surface area contributed by atoms with Crippen LogP contribution in [0.1, 0.15) is 34.7 Å². The lowest BCUT2D eigenvalue weighted by Gasteiger charge is -2.40. The Morgan fingerprint density at radius 3 is 2.51 bits per heavy atom. The molecule has 0 unspecified atom stereocenters. The molecule has 3 aliphatic rings. The number of carbonyl (C=O) groups is 1. The number of benzene rings is 1. The number of aromatic nitrogens is 2. The molecular formula is C23H27FN4O8S. The second-order valence-corrected chi connectivity index (χ2v) is 11.0. The smallest absolute Gasteiger partial charge is 0.296 e. The lowest BCUT2D eigenvalue weighted by molar-refractivity contribution is -0.139. The van der Waals surface area contributed by atoms with Crippen LogP contribution in [0.2, 0.25) is 0 Å². The highest BCUT2D eigenvalue weighted by Crippen LogP contribution is 2.37. The first-order valence-corrected chi connectivity index (χ1v) is 13.4. The summed E-state index contributed by atoms with van der Waals surface area (Å²) in [5.74, 6) is -2.21. The molecule has 2 fully saturated rings. The van der Waals surface area contributed by atoms with Gasteiger partial charge >= 0.3 is 0 Å². The molecule has 0 radical (unpaired) electrons. The molecule has 0 saturated carbocycles. The molecular weight excluding hydrogens is 511 g/mol. The van der Waals surface area contributed by atoms with Crippen LogP contribution < -0.4 is 10.9 Å². The molecule has 14 heteroatoms. The van der Waals surface area contributed by atoms with Crippen molar-refractivity contribution in [3.63, 3.8) is 0 Å². The number of aromatic hydroxyl groups is 1. The third-order valence-corrected chi connectivity index (χ3v) is 8.63. The molecule has 1 aromatic heterocycles. The van der Waals surface area contributed by atoms with E-state index in [1.807, 2.05) is 0 Å². The standard InChI is InChI=1S/C23H27FN4O8S/c24-16-11-15(12-17(13-16)37(32,33)27-3-8-35-9-4-27)14-25-20(30)18-19(29)21(31)28-5-10-36-23(22(28)26-18)1-6-34-7-2-23/h11-13,29H,1-10,14H2,(H,25,30). The maximum atomic E-state index is 14.3. The van der Waals surface area contributed by atoms with E-state index in [-0.39, 0.29) is 62.3 Å². The summed E-state index contributed by atoms with van der Waals surface area (Å²) in [6.45, 7) is 1.76. The van der Waals surface area contributed by atoms with Gasteiger partial charge in [0.2, 0.25) is 15.8 Å². The second kappa shape index (κ2) is 10.1. The number of carbonyl (C=O) groups excluding carboxylic acids is 1. The number of nitrogens with zero attached hydrogens (tertiary/aromatic N) is 3. The van der Waals surface area contributed by atoms with Gasteiger partial charge in [-0.1, -0.05) is 0 Å². The van der Waals surface area contributed by atoms with Crippen LogP contribution in [0.4, 0.5) is 4.39 Å². The van der Waals surface area contributed by atoms with Gasteiger partial charge in [-0.15, -0.1) is 0 Å². The fourth-order valence-corrected chi connectivity index (χ4v) is 6.29. The lowest BCUT2D eigenvalue weighted by Crippen LogP contribution is -2.48. The molecule has 2 aromatic rings. The molecule has 0 aliphatic carbocycles. The van der Waals surface area contributed by atoms with Crippen LogP contribution in [0.5, 0.6) is 5.75 Å². The van der Waals surface area contributed by atoms with Crippen molar-refractivity contribution < 1.29 is 36.9 Å². The van der Waals surface area contributed by atoms with Gasteiger partial charge in [0.15, 0.2) is 5.69 Å². The number of halogens is 1. The Morgan fingerprint density at radius 1 is 1.08 bits per heavy atom. The van der Waals surface area contributed by atoms with Gasteiger partial charge in [0.05, 0.1) is 31.3 Å². The zero-order valence-electron chi connectivity index (χ0n) is 19.9. The number of nitrogens with one attached hydrogen (secondary N) is 1. The van der Waals surface area contributed by atoms with Gasteiger partial charge in [0.25, 0.3) is 11.5 Å². The summed E-state index contributed by atoms with van der Waals surface area (Å²) < 4.78 is 59.3. The Labute approximate surface area is 212 Å². The summed E-state index contributed by atoms with van der Waals surface area (Å²) in [6, 6.07) is 3.29. The number of ether oxygens (including phenoxy) is 3. The zero-order valence-corrected chi connectivity index (χ0v) is 20.8. The van der Waals surface area contributed by atoms with E-state index in [4.69, 9.17) is 14.2 Å². The van der Waals surface area contributed by atoms with Crippen LogP contribution in [0.25, 0.3) is 0 Å². The monoisotopic (exact) mass is 538 g/mol. The van der Waals surface area contributed by atoms with E-state index in [0.717, 1.165) is 12.1 Å². The van der Waals surface area contributed by atoms with E-state index in [1.54, 1.807) is 0 Å². The molecule has 1 spiro atoms. The quantitative estimate of drug-likeness (QED) is 0.539. The Hall–Kier alpha value is -2.91. The largest absolute Gasteiger partial charge is 0.501 e. The van der Waals surface area contributed by atoms with Crippen LogP contribution in [0.3, 0.4) is 0 Å². The molecule has 0 bridgehead atoms. The first-order valence-electron chi connectivity index (χ1n) is 11.9. The minimum absolute atomic E-state index is 0.154. The van der Waals surface area contributed by atoms with Crippen LogP contribution in [-0.4, -0.2) is 79.4 Å². The van der Waals surface area contributed by atoms with Gasteiger partial charge in [-0.25, -0.2) is 17.8 Å². The van der Waals surface area contributed by atoms with Crippen molar-refractivity contribution in [1.29, 1.82) is 0 Å². The lowest BCUT2D eigenvalue weighted by atomic mass is 9.91. The fourth-order valence-electron chi connectivity index (χ4n) is 4.80. The summed E-state index contributed by atoms with van der Waals surface area (Å²) in [5, 5.41) is 13.0. The molecule has 200 valence electrons. The average molecular weight is 539 g/mol. The maximum Gasteiger partial charge on any atom is 0.296 e. The van der Waals surface area contributed by atoms with E-state index in [9.17, 15) is 27.5 Å². The van der Waals surface area contributed by atoms with E-state index in [2.05, 4.69) is 10.3 Å². The molecule has 4 heterocycles. The number of morpholine rings is 1. The van der Waals surface area contributed by atoms with Crippen LogP contribution >= 0.6 is 0 Å². The van der Waals surface area contributed by atoms with Gasteiger partial charge in [0, 0.05) is 45.7 Å². The van der Waals surface area contributed by atoms with Crippen molar-refractivity contribution >= 4 is 15.9 Å². The van der Waals surface area contributed by atoms with Crippen LogP contribution in [0, 0.1) is 5.82 Å². The maximum absolute atomic E-state index is 14.3. The van der Waals surface area contributed by atoms with E-state index < -0.39 is 44.4 Å². The van der Waals surface area contributed by atoms with Crippen molar-refractivity contribution in [2.75, 3.05) is 46.1 Å². The molecule has 37 heavy (non-hydrogen) atoms. The Balaban J connectivity index is 1.39. The number of hydrogen-bond donors (Lipinski definition) is 2. The normalized spacial score (nSPS) is 19.9. The van der Waals surface area contributed by atoms with Crippen molar-refractivity contribution in [3.05, 3.63) is 51.5 Å². The molecule has 5 rings (SSSR count). The highest BCUT2D eigenvalue weighted by atomic mass is 32.2. The van der Waals surface area contributed by atoms with Crippen molar-refractivity contribution in [2.24, 2.45) is 0 Å². The van der Waals surface area contributed by atoms with Gasteiger partial charge in [-0.2, -0.15) is 4.31 Å². The second-order valence-electron chi connectivity index (χ2n) is 9.04. The van der Waals surface area contributed by atoms with Gasteiger partial charge < -0.3 is 24.6 Å². The Kier molecular flexibility index (Phi) is 7.02. The molecule has 3 aliphatic heterocycles. The number of hydrogen-bond acceptors (Lipinski definition) is 9. The number of rotatable bonds is 5. The predicted octanol–water partition coefficient (Wildman–Crippen LogP) is 0.0748. The summed E-state index contributed by atoms with van der Waals surface area (Å²) >= 11 is 0. The van der Waals surface area contributed by atoms with Crippen molar-refractivity contribution in [1.82, 2.24) is 19.2 Å². The third kappa shape index (κ3) is 4.86. The fraction of sp³-hybridized carbons (Fsp3) is 0.522. The molecule has 0 atom stereocenters. The first-order chi connectivity index (χ1) is 17.7. The first kappa shape index (κ1) is 25.7. The van der Waals surface area contributed by atoms with E-state index in [1.165, 1.54) is 14.9 Å². The number of amides is 1. The highest BCUT2D eigenvalue weighted by molar-refractivity contribution is 7.89. The summed E-state index contributed by atoms with van der Waals surface area (Å²) in [4.78, 5) is 29.9. The molecule has 2 N–H and O–H groups in total. The summed E-state index contributed by atoms with van der Waals surface area (Å²) in [6.07, 6.45) is 0.879. The Bertz CT molecular complexity index is 1370. The predicted molar refractivity (Wildman–Crippen MR) is 125 cm³/mol. The SMILES string of the molecule is O=C(NCc1cc(F)cc(S(=O)(=O)N2CCOCC2)c1)c1nc2n(c(=O)c1O)CCOC21CCOCC1.